The fraction of sp³-hybridized carbons (Fsp3) is 0.346. The minimum absolute atomic E-state index is 0.0746. The van der Waals surface area contributed by atoms with Gasteiger partial charge < -0.3 is 23.8 Å². The molecule has 1 atom stereocenters. The van der Waals surface area contributed by atoms with E-state index in [-0.39, 0.29) is 18.9 Å². The van der Waals surface area contributed by atoms with E-state index in [0.717, 1.165) is 16.0 Å². The molecule has 1 amide bonds. The number of anilines is 1. The van der Waals surface area contributed by atoms with E-state index in [2.05, 4.69) is 0 Å². The van der Waals surface area contributed by atoms with Crippen molar-refractivity contribution < 1.29 is 27.9 Å². The van der Waals surface area contributed by atoms with Crippen LogP contribution in [0.4, 0.5) is 14.5 Å². The van der Waals surface area contributed by atoms with Crippen LogP contribution in [0.5, 0.6) is 11.5 Å². The molecule has 0 aliphatic carbocycles. The number of hydrogen-bond donors (Lipinski definition) is 1. The molecule has 9 heteroatoms. The number of alkyl halides is 2. The van der Waals surface area contributed by atoms with Crippen molar-refractivity contribution in [3.63, 3.8) is 0 Å². The Morgan fingerprint density at radius 2 is 1.86 bits per heavy atom. The molecule has 0 bridgehead atoms. The summed E-state index contributed by atoms with van der Waals surface area (Å²) in [6.45, 7) is 2.30. The van der Waals surface area contributed by atoms with Gasteiger partial charge in [-0.05, 0) is 35.9 Å². The average Bonchev–Trinajstić information content (AvgIpc) is 3.43. The monoisotopic (exact) mass is 502 g/mol. The van der Waals surface area contributed by atoms with Gasteiger partial charge in [0.1, 0.15) is 25.4 Å². The molecule has 1 unspecified atom stereocenters. The summed E-state index contributed by atoms with van der Waals surface area (Å²) in [6.07, 6.45) is 1.92. The van der Waals surface area contributed by atoms with Crippen LogP contribution in [0.25, 0.3) is 11.1 Å². The lowest BCUT2D eigenvalue weighted by atomic mass is 10.1. The maximum absolute atomic E-state index is 13.4. The number of nitrogens with zero attached hydrogens (tertiary/aromatic N) is 2. The zero-order valence-electron chi connectivity index (χ0n) is 19.4. The van der Waals surface area contributed by atoms with Crippen molar-refractivity contribution in [3.8, 4) is 22.6 Å². The van der Waals surface area contributed by atoms with Crippen LogP contribution in [0.3, 0.4) is 0 Å². The standard InChI is InChI=1S/C26H26ClF2N3O3/c1-34-24-15-21(6-7-23(24)35-13-12-30-9-8-26(28,29)17-30)32-11-10-31-16-19(14-22(31)25(32)33)18-2-4-20(27)5-3-18/h2-7,14-16H,8-13,17H2,1H3/p+1. The number of quaternary nitrogens is 1. The molecule has 1 aromatic heterocycles. The quantitative estimate of drug-likeness (QED) is 0.535. The number of nitrogens with one attached hydrogen (secondary N) is 1. The van der Waals surface area contributed by atoms with E-state index in [9.17, 15) is 13.6 Å². The summed E-state index contributed by atoms with van der Waals surface area (Å²) < 4.78 is 40.1. The van der Waals surface area contributed by atoms with Crippen LogP contribution in [-0.2, 0) is 6.54 Å². The maximum Gasteiger partial charge on any atom is 0.300 e. The highest BCUT2D eigenvalue weighted by atomic mass is 35.5. The van der Waals surface area contributed by atoms with E-state index in [1.807, 2.05) is 47.2 Å². The Balaban J connectivity index is 1.28. The summed E-state index contributed by atoms with van der Waals surface area (Å²) in [5.41, 5.74) is 3.29. The average molecular weight is 503 g/mol. The molecule has 1 fully saturated rings. The first kappa shape index (κ1) is 23.6. The highest BCUT2D eigenvalue weighted by Crippen LogP contribution is 2.34. The molecule has 2 aromatic carbocycles. The highest BCUT2D eigenvalue weighted by molar-refractivity contribution is 6.30. The fourth-order valence-electron chi connectivity index (χ4n) is 4.73. The summed E-state index contributed by atoms with van der Waals surface area (Å²) in [5, 5.41) is 0.667. The molecule has 2 aliphatic rings. The zero-order chi connectivity index (χ0) is 24.6. The number of carbonyl (C=O) groups excluding carboxylic acids is 1. The van der Waals surface area contributed by atoms with E-state index in [1.54, 1.807) is 24.1 Å². The van der Waals surface area contributed by atoms with Crippen molar-refractivity contribution in [2.45, 2.75) is 18.9 Å². The number of carbonyl (C=O) groups is 1. The SMILES string of the molecule is COc1cc(N2CCn3cc(-c4ccc(Cl)cc4)cc3C2=O)ccc1OCC[NH+]1CCC(F)(F)C1. The van der Waals surface area contributed by atoms with Gasteiger partial charge in [-0.2, -0.15) is 0 Å². The minimum Gasteiger partial charge on any atom is -0.493 e. The lowest BCUT2D eigenvalue weighted by Gasteiger charge is -2.29. The molecule has 0 saturated carbocycles. The molecular formula is C26H27ClF2N3O3+. The summed E-state index contributed by atoms with van der Waals surface area (Å²) in [5.74, 6) is -1.64. The highest BCUT2D eigenvalue weighted by Gasteiger charge is 2.41. The van der Waals surface area contributed by atoms with E-state index >= 15 is 0 Å². The van der Waals surface area contributed by atoms with Crippen LogP contribution in [-0.4, -0.2) is 56.3 Å². The summed E-state index contributed by atoms with van der Waals surface area (Å²) in [4.78, 5) is 15.9. The number of aromatic nitrogens is 1. The number of benzene rings is 2. The molecule has 35 heavy (non-hydrogen) atoms. The van der Waals surface area contributed by atoms with Gasteiger partial charge in [0.2, 0.25) is 0 Å². The van der Waals surface area contributed by atoms with Gasteiger partial charge in [0, 0.05) is 41.6 Å². The normalized spacial score (nSPS) is 19.0. The Hall–Kier alpha value is -3.10. The number of ether oxygens (including phenoxy) is 2. The Morgan fingerprint density at radius 1 is 1.06 bits per heavy atom. The lowest BCUT2D eigenvalue weighted by Crippen LogP contribution is -3.11. The number of rotatable bonds is 7. The second kappa shape index (κ2) is 9.51. The molecule has 2 aliphatic heterocycles. The molecule has 6 nitrogen and oxygen atoms in total. The molecular weight excluding hydrogens is 476 g/mol. The van der Waals surface area contributed by atoms with Crippen molar-refractivity contribution in [1.82, 2.24) is 4.57 Å². The van der Waals surface area contributed by atoms with Crippen LogP contribution < -0.4 is 19.3 Å². The predicted octanol–water partition coefficient (Wildman–Crippen LogP) is 3.78. The molecule has 1 saturated heterocycles. The third-order valence-corrected chi connectivity index (χ3v) is 6.88. The van der Waals surface area contributed by atoms with Crippen LogP contribution >= 0.6 is 11.6 Å². The number of methoxy groups -OCH3 is 1. The van der Waals surface area contributed by atoms with Crippen molar-refractivity contribution in [2.75, 3.05) is 44.8 Å². The second-order valence-corrected chi connectivity index (χ2v) is 9.42. The van der Waals surface area contributed by atoms with E-state index in [0.29, 0.717) is 60.7 Å². The molecule has 3 aromatic rings. The molecule has 1 N–H and O–H groups in total. The largest absolute Gasteiger partial charge is 0.493 e. The van der Waals surface area contributed by atoms with Gasteiger partial charge in [-0.3, -0.25) is 4.79 Å². The molecule has 184 valence electrons. The van der Waals surface area contributed by atoms with Crippen molar-refractivity contribution in [2.24, 2.45) is 0 Å². The van der Waals surface area contributed by atoms with Gasteiger partial charge in [0.25, 0.3) is 5.91 Å². The van der Waals surface area contributed by atoms with E-state index in [4.69, 9.17) is 21.1 Å². The van der Waals surface area contributed by atoms with Crippen LogP contribution in [0.1, 0.15) is 16.9 Å². The summed E-state index contributed by atoms with van der Waals surface area (Å²) in [6, 6.07) is 14.8. The van der Waals surface area contributed by atoms with Crippen LogP contribution in [0, 0.1) is 0 Å². The molecule has 3 heterocycles. The third kappa shape index (κ3) is 4.99. The molecule has 0 spiro atoms. The number of hydrogen-bond acceptors (Lipinski definition) is 3. The first-order valence-electron chi connectivity index (χ1n) is 11.6. The van der Waals surface area contributed by atoms with Gasteiger partial charge in [-0.1, -0.05) is 23.7 Å². The first-order chi connectivity index (χ1) is 16.8. The number of amides is 1. The van der Waals surface area contributed by atoms with Gasteiger partial charge in [0.15, 0.2) is 11.5 Å². The smallest absolute Gasteiger partial charge is 0.300 e. The van der Waals surface area contributed by atoms with Gasteiger partial charge in [0.05, 0.1) is 20.1 Å². The van der Waals surface area contributed by atoms with Crippen molar-refractivity contribution in [1.29, 1.82) is 0 Å². The number of fused-ring (bicyclic) bond motifs is 1. The summed E-state index contributed by atoms with van der Waals surface area (Å²) >= 11 is 6.00. The number of halogens is 3. The minimum atomic E-state index is -2.58. The van der Waals surface area contributed by atoms with Crippen molar-refractivity contribution in [3.05, 3.63) is 65.4 Å². The van der Waals surface area contributed by atoms with Crippen LogP contribution in [0.2, 0.25) is 5.02 Å². The Bertz CT molecular complexity index is 1230. The van der Waals surface area contributed by atoms with Gasteiger partial charge in [-0.25, -0.2) is 8.78 Å². The summed E-state index contributed by atoms with van der Waals surface area (Å²) in [7, 11) is 1.54. The van der Waals surface area contributed by atoms with Gasteiger partial charge in [-0.15, -0.1) is 0 Å². The Morgan fingerprint density at radius 3 is 2.57 bits per heavy atom. The molecule has 5 rings (SSSR count). The lowest BCUT2D eigenvalue weighted by molar-refractivity contribution is -0.891. The first-order valence-corrected chi connectivity index (χ1v) is 12.0. The topological polar surface area (TPSA) is 48.1 Å². The molecule has 0 radical (unpaired) electrons. The van der Waals surface area contributed by atoms with E-state index < -0.39 is 5.92 Å². The predicted molar refractivity (Wildman–Crippen MR) is 130 cm³/mol. The zero-order valence-corrected chi connectivity index (χ0v) is 20.2. The number of likely N-dealkylation sites (tertiary alicyclic amines) is 1. The van der Waals surface area contributed by atoms with Crippen molar-refractivity contribution >= 4 is 23.2 Å². The van der Waals surface area contributed by atoms with E-state index in [1.165, 1.54) is 0 Å². The third-order valence-electron chi connectivity index (χ3n) is 6.63. The maximum atomic E-state index is 13.4. The fourth-order valence-corrected chi connectivity index (χ4v) is 4.86. The van der Waals surface area contributed by atoms with Crippen LogP contribution in [0.15, 0.2) is 54.7 Å². The Kier molecular flexibility index (Phi) is 6.42. The second-order valence-electron chi connectivity index (χ2n) is 8.99. The van der Waals surface area contributed by atoms with Gasteiger partial charge >= 0.3 is 5.92 Å². The Labute approximate surface area is 207 Å².